The number of nitrogens with one attached hydrogen (secondary N) is 4. The lowest BCUT2D eigenvalue weighted by Gasteiger charge is -2.31. The molecule has 0 radical (unpaired) electrons. The van der Waals surface area contributed by atoms with E-state index in [1.54, 1.807) is 11.9 Å². The zero-order chi connectivity index (χ0) is 32.1. The van der Waals surface area contributed by atoms with Crippen molar-refractivity contribution in [3.63, 3.8) is 0 Å². The summed E-state index contributed by atoms with van der Waals surface area (Å²) < 4.78 is 0. The number of primary amides is 1. The highest BCUT2D eigenvalue weighted by molar-refractivity contribution is 6.09. The predicted molar refractivity (Wildman–Crippen MR) is 174 cm³/mol. The summed E-state index contributed by atoms with van der Waals surface area (Å²) in [6.07, 6.45) is 11.9. The molecule has 2 saturated heterocycles. The van der Waals surface area contributed by atoms with Gasteiger partial charge in [-0.3, -0.25) is 19.3 Å². The highest BCUT2D eigenvalue weighted by Crippen LogP contribution is 2.44. The summed E-state index contributed by atoms with van der Waals surface area (Å²) in [5, 5.41) is 10.4. The highest BCUT2D eigenvalue weighted by atomic mass is 16.2. The van der Waals surface area contributed by atoms with Gasteiger partial charge in [0.25, 0.3) is 17.7 Å². The number of amides is 5. The smallest absolute Gasteiger partial charge is 0.318 e. The molecule has 4 unspecified atom stereocenters. The molecule has 0 spiro atoms. The van der Waals surface area contributed by atoms with Crippen molar-refractivity contribution in [3.05, 3.63) is 87.7 Å². The average molecular weight is 633 g/mol. The average Bonchev–Trinajstić information content (AvgIpc) is 3.91. The van der Waals surface area contributed by atoms with E-state index >= 15 is 0 Å². The van der Waals surface area contributed by atoms with Crippen LogP contribution in [0.2, 0.25) is 0 Å². The van der Waals surface area contributed by atoms with Crippen molar-refractivity contribution in [2.75, 3.05) is 31.6 Å². The van der Waals surface area contributed by atoms with Gasteiger partial charge in [0, 0.05) is 72.5 Å². The first kappa shape index (κ1) is 28.0. The fourth-order valence-electron chi connectivity index (χ4n) is 8.92. The Labute approximate surface area is 271 Å². The maximum Gasteiger partial charge on any atom is 0.318 e. The minimum Gasteiger partial charge on any atom is -0.377 e. The Kier molecular flexibility index (Phi) is 6.03. The Morgan fingerprint density at radius 2 is 1.79 bits per heavy atom. The highest BCUT2D eigenvalue weighted by Gasteiger charge is 2.45. The molecule has 2 aliphatic carbocycles. The van der Waals surface area contributed by atoms with Crippen LogP contribution in [0, 0.1) is 11.8 Å². The lowest BCUT2D eigenvalue weighted by molar-refractivity contribution is -0.117. The minimum absolute atomic E-state index is 0.0501. The van der Waals surface area contributed by atoms with Gasteiger partial charge in [-0.15, -0.1) is 0 Å². The molecular weight excluding hydrogens is 596 g/mol. The number of aromatic nitrogens is 1. The number of likely N-dealkylation sites (N-methyl/N-ethyl adjacent to an activating group) is 1. The molecule has 47 heavy (non-hydrogen) atoms. The van der Waals surface area contributed by atoms with Gasteiger partial charge in [-0.25, -0.2) is 4.79 Å². The fourth-order valence-corrected chi connectivity index (χ4v) is 8.92. The third kappa shape index (κ3) is 4.06. The SMILES string of the molecule is CNC(=O)C1=CC2=C3CCN(C(=O)c4cc5c6c(ccc5[nH]4)N(C(=O)C4=CC5C(CC=C7C5CCN7C(N)=O)N4)CC6)C3=CCC2N1. The van der Waals surface area contributed by atoms with Crippen LogP contribution < -0.4 is 26.6 Å². The molecule has 5 amide bonds. The fraction of sp³-hybridized carbons (Fsp3) is 0.371. The van der Waals surface area contributed by atoms with E-state index in [1.807, 2.05) is 34.1 Å². The van der Waals surface area contributed by atoms with Gasteiger partial charge < -0.3 is 36.5 Å². The molecule has 1 aromatic carbocycles. The van der Waals surface area contributed by atoms with Crippen molar-refractivity contribution in [1.29, 1.82) is 0 Å². The molecule has 0 saturated carbocycles. The molecule has 9 rings (SSSR count). The number of carbonyl (C=O) groups excluding carboxylic acids is 4. The Bertz CT molecular complexity index is 1980. The van der Waals surface area contributed by atoms with E-state index in [0.29, 0.717) is 49.6 Å². The molecule has 4 atom stereocenters. The zero-order valence-corrected chi connectivity index (χ0v) is 26.1. The Balaban J connectivity index is 0.951. The van der Waals surface area contributed by atoms with Gasteiger partial charge in [-0.05, 0) is 79.2 Å². The number of nitrogens with two attached hydrogens (primary N) is 1. The first-order valence-electron chi connectivity index (χ1n) is 16.5. The Morgan fingerprint density at radius 1 is 0.936 bits per heavy atom. The van der Waals surface area contributed by atoms with E-state index < -0.39 is 6.03 Å². The number of benzene rings is 1. The van der Waals surface area contributed by atoms with Gasteiger partial charge in [-0.2, -0.15) is 0 Å². The molecule has 2 fully saturated rings. The lowest BCUT2D eigenvalue weighted by Crippen LogP contribution is -2.40. The quantitative estimate of drug-likeness (QED) is 0.350. The topological polar surface area (TPSA) is 156 Å². The first-order chi connectivity index (χ1) is 22.8. The van der Waals surface area contributed by atoms with Crippen LogP contribution in [0.4, 0.5) is 10.5 Å². The molecule has 5 aliphatic heterocycles. The summed E-state index contributed by atoms with van der Waals surface area (Å²) in [6, 6.07) is 5.63. The molecule has 1 aromatic heterocycles. The summed E-state index contributed by atoms with van der Waals surface area (Å²) in [4.78, 5) is 60.7. The number of aromatic amines is 1. The van der Waals surface area contributed by atoms with Crippen molar-refractivity contribution in [2.45, 2.75) is 44.2 Å². The van der Waals surface area contributed by atoms with Gasteiger partial charge in [-0.1, -0.05) is 12.2 Å². The monoisotopic (exact) mass is 632 g/mol. The van der Waals surface area contributed by atoms with Gasteiger partial charge in [0.2, 0.25) is 0 Å². The van der Waals surface area contributed by atoms with Gasteiger partial charge >= 0.3 is 6.03 Å². The normalized spacial score (nSPS) is 26.8. The number of hydrogen-bond acceptors (Lipinski definition) is 6. The molecule has 0 bridgehead atoms. The van der Waals surface area contributed by atoms with Crippen molar-refractivity contribution in [1.82, 2.24) is 30.7 Å². The maximum absolute atomic E-state index is 13.9. The second-order valence-electron chi connectivity index (χ2n) is 13.4. The summed E-state index contributed by atoms with van der Waals surface area (Å²) in [6.45, 7) is 1.76. The molecule has 6 N–H and O–H groups in total. The second-order valence-corrected chi connectivity index (χ2v) is 13.4. The predicted octanol–water partition coefficient (Wildman–Crippen LogP) is 2.25. The first-order valence-corrected chi connectivity index (χ1v) is 16.5. The number of rotatable bonds is 3. The number of nitrogens with zero attached hydrogens (tertiary/aromatic N) is 3. The maximum atomic E-state index is 13.9. The van der Waals surface area contributed by atoms with Crippen LogP contribution >= 0.6 is 0 Å². The van der Waals surface area contributed by atoms with Crippen molar-refractivity contribution < 1.29 is 19.2 Å². The van der Waals surface area contributed by atoms with E-state index in [1.165, 1.54) is 0 Å². The Hall–Kier alpha value is -5.26. The molecule has 12 heteroatoms. The third-order valence-electron chi connectivity index (χ3n) is 11.1. The third-order valence-corrected chi connectivity index (χ3v) is 11.1. The number of carbonyl (C=O) groups is 4. The number of likely N-dealkylation sites (tertiary alicyclic amines) is 2. The molecule has 7 aliphatic rings. The summed E-state index contributed by atoms with van der Waals surface area (Å²) in [7, 11) is 1.62. The number of allylic oxidation sites excluding steroid dienone is 2. The molecular formula is C35H36N8O4. The van der Waals surface area contributed by atoms with E-state index in [-0.39, 0.29) is 41.6 Å². The zero-order valence-electron chi connectivity index (χ0n) is 26.1. The number of anilines is 1. The van der Waals surface area contributed by atoms with Crippen LogP contribution in [0.5, 0.6) is 0 Å². The summed E-state index contributed by atoms with van der Waals surface area (Å²) in [5.41, 5.74) is 14.2. The van der Waals surface area contributed by atoms with Crippen LogP contribution in [0.15, 0.2) is 76.4 Å². The second kappa shape index (κ2) is 10.1. The van der Waals surface area contributed by atoms with E-state index in [9.17, 15) is 19.2 Å². The number of H-pyrrole nitrogens is 1. The standard InChI is InChI=1S/C35H36N8O4/c1-37-32(44)26-14-20-17-8-11-41(29(17)5-2-23(20)38-26)33(45)27-15-21-18-9-12-42(30(18)6-3-24(21)39-27)34(46)28-16-22-19-10-13-43(35(36)47)31(19)7-4-25(22)40-28/h3,5-7,14-16,19,22-23,25,38-40H,2,4,8-13H2,1H3,(H2,36,47)(H,37,44). The molecule has 12 nitrogen and oxygen atoms in total. The van der Waals surface area contributed by atoms with E-state index in [4.69, 9.17) is 5.73 Å². The molecule has 2 aromatic rings. The Morgan fingerprint density at radius 3 is 2.62 bits per heavy atom. The number of fused-ring (bicyclic) bond motifs is 8. The van der Waals surface area contributed by atoms with Crippen molar-refractivity contribution in [3.8, 4) is 0 Å². The van der Waals surface area contributed by atoms with E-state index in [2.05, 4.69) is 39.2 Å². The number of urea groups is 1. The summed E-state index contributed by atoms with van der Waals surface area (Å²) in [5.74, 6) is 0.0524. The van der Waals surface area contributed by atoms with Crippen LogP contribution in [-0.4, -0.2) is 77.3 Å². The largest absolute Gasteiger partial charge is 0.377 e. The number of hydrogen-bond donors (Lipinski definition) is 5. The van der Waals surface area contributed by atoms with E-state index in [0.717, 1.165) is 64.0 Å². The van der Waals surface area contributed by atoms with Gasteiger partial charge in [0.05, 0.1) is 11.7 Å². The molecule has 240 valence electrons. The van der Waals surface area contributed by atoms with Gasteiger partial charge in [0.15, 0.2) is 0 Å². The molecule has 6 heterocycles. The van der Waals surface area contributed by atoms with Crippen LogP contribution in [-0.2, 0) is 16.0 Å². The van der Waals surface area contributed by atoms with Crippen LogP contribution in [0.25, 0.3) is 10.9 Å². The van der Waals surface area contributed by atoms with Crippen LogP contribution in [0.3, 0.4) is 0 Å². The van der Waals surface area contributed by atoms with Crippen LogP contribution in [0.1, 0.15) is 41.7 Å². The minimum atomic E-state index is -0.415. The summed E-state index contributed by atoms with van der Waals surface area (Å²) >= 11 is 0. The van der Waals surface area contributed by atoms with Gasteiger partial charge in [0.1, 0.15) is 11.4 Å². The van der Waals surface area contributed by atoms with Crippen molar-refractivity contribution in [2.24, 2.45) is 17.6 Å². The van der Waals surface area contributed by atoms with Crippen molar-refractivity contribution >= 4 is 40.3 Å². The lowest BCUT2D eigenvalue weighted by atomic mass is 9.79.